The molecule has 2 aromatic heterocycles. The maximum absolute atomic E-state index is 14.2. The average molecular weight is 940 g/mol. The molecule has 0 bridgehead atoms. The molecule has 4 aromatic rings. The number of aromatic hydroxyl groups is 1. The van der Waals surface area contributed by atoms with E-state index < -0.39 is 101 Å². The Labute approximate surface area is 376 Å². The van der Waals surface area contributed by atoms with Gasteiger partial charge in [0.15, 0.2) is 11.7 Å². The molecule has 0 radical (unpaired) electrons. The summed E-state index contributed by atoms with van der Waals surface area (Å²) in [4.78, 5) is 72.0. The lowest BCUT2D eigenvalue weighted by Gasteiger charge is -2.38. The van der Waals surface area contributed by atoms with Crippen molar-refractivity contribution in [3.8, 4) is 22.9 Å². The van der Waals surface area contributed by atoms with E-state index in [1.54, 1.807) is 25.1 Å². The number of nitrogens with zero attached hydrogens (tertiary/aromatic N) is 3. The van der Waals surface area contributed by atoms with E-state index in [1.165, 1.54) is 35.9 Å². The molecule has 354 valence electrons. The Morgan fingerprint density at radius 1 is 1.03 bits per heavy atom. The fourth-order valence-electron chi connectivity index (χ4n) is 8.19. The van der Waals surface area contributed by atoms with Gasteiger partial charge in [-0.1, -0.05) is 19.9 Å². The Morgan fingerprint density at radius 2 is 1.79 bits per heavy atom. The Bertz CT molecular complexity index is 2760. The maximum atomic E-state index is 14.2. The molecule has 2 aromatic carbocycles. The number of benzene rings is 2. The van der Waals surface area contributed by atoms with Gasteiger partial charge in [0.25, 0.3) is 5.56 Å². The van der Waals surface area contributed by atoms with Crippen molar-refractivity contribution in [2.75, 3.05) is 44.2 Å². The summed E-state index contributed by atoms with van der Waals surface area (Å²) in [6.07, 6.45) is -9.31. The third-order valence-corrected chi connectivity index (χ3v) is 12.6. The van der Waals surface area contributed by atoms with Crippen molar-refractivity contribution in [1.29, 1.82) is 0 Å². The number of aryl methyl sites for hydroxylation is 1. The smallest absolute Gasteiger partial charge is 0.411 e. The Kier molecular flexibility index (Phi) is 13.7. The number of hydrogen-bond acceptors (Lipinski definition) is 18. The standard InChI is InChI=1S/C43H49N5O17S/c1-5-23-24-14-22(49)8-9-28(24)46-33-25(23)17-48-30(33)15-27-26(38(48)54)19-61-41(57)43(27,6-2)63-20-47(11-12-66(4,59)60)42(58)62-18-21-7-10-31(29(13-21)45-32(50)16-44-3)64-40-36(53)34(51)35(52)37(65-40)39(55)56/h7-10,13-15,34-37,40,44,49,51-53H,5-6,11-12,16-20H2,1-4H3,(H,45,50)(H,55,56)/t34-,35-,36+,37-,40+,43-/m0/s1. The first-order chi connectivity index (χ1) is 31.3. The van der Waals surface area contributed by atoms with E-state index in [2.05, 4.69) is 10.6 Å². The van der Waals surface area contributed by atoms with Crippen molar-refractivity contribution < 1.29 is 76.8 Å². The van der Waals surface area contributed by atoms with Crippen LogP contribution >= 0.6 is 0 Å². The number of hydrogen-bond donors (Lipinski definition) is 7. The summed E-state index contributed by atoms with van der Waals surface area (Å²) in [6, 6.07) is 10.4. The Hall–Kier alpha value is -6.21. The molecule has 3 aliphatic heterocycles. The lowest BCUT2D eigenvalue weighted by atomic mass is 9.85. The van der Waals surface area contributed by atoms with Crippen molar-refractivity contribution in [1.82, 2.24) is 19.8 Å². The minimum absolute atomic E-state index is 0.0648. The molecule has 3 aliphatic rings. The summed E-state index contributed by atoms with van der Waals surface area (Å²) in [5.74, 6) is -3.72. The summed E-state index contributed by atoms with van der Waals surface area (Å²) in [5, 5.41) is 56.5. The minimum Gasteiger partial charge on any atom is -0.508 e. The highest BCUT2D eigenvalue weighted by molar-refractivity contribution is 7.90. The lowest BCUT2D eigenvalue weighted by molar-refractivity contribution is -0.271. The van der Waals surface area contributed by atoms with Crippen LogP contribution in [0.5, 0.6) is 11.5 Å². The largest absolute Gasteiger partial charge is 0.508 e. The number of fused-ring (bicyclic) bond motifs is 5. The second-order valence-electron chi connectivity index (χ2n) is 16.0. The number of ether oxygens (including phenoxy) is 5. The van der Waals surface area contributed by atoms with Gasteiger partial charge in [-0.25, -0.2) is 27.8 Å². The van der Waals surface area contributed by atoms with Gasteiger partial charge in [-0.2, -0.15) is 0 Å². The molecule has 1 saturated heterocycles. The van der Waals surface area contributed by atoms with Crippen molar-refractivity contribution in [2.45, 2.75) is 82.8 Å². The van der Waals surface area contributed by atoms with Crippen LogP contribution in [-0.4, -0.2) is 142 Å². The van der Waals surface area contributed by atoms with Gasteiger partial charge in [-0.15, -0.1) is 0 Å². The number of carboxylic acids is 1. The van der Waals surface area contributed by atoms with E-state index in [0.29, 0.717) is 23.3 Å². The van der Waals surface area contributed by atoms with Crippen LogP contribution < -0.4 is 20.9 Å². The number of carbonyl (C=O) groups excluding carboxylic acids is 3. The van der Waals surface area contributed by atoms with E-state index in [0.717, 1.165) is 27.7 Å². The number of aliphatic carboxylic acids is 1. The molecule has 0 saturated carbocycles. The number of amides is 2. The number of pyridine rings is 2. The van der Waals surface area contributed by atoms with Crippen molar-refractivity contribution in [3.63, 3.8) is 0 Å². The number of carboxylic acid groups (broad SMARTS) is 1. The van der Waals surface area contributed by atoms with Gasteiger partial charge in [0.05, 0.1) is 47.0 Å². The lowest BCUT2D eigenvalue weighted by Crippen LogP contribution is -2.61. The average Bonchev–Trinajstić information content (AvgIpc) is 3.64. The number of cyclic esters (lactones) is 1. The van der Waals surface area contributed by atoms with Crippen molar-refractivity contribution in [3.05, 3.63) is 80.6 Å². The van der Waals surface area contributed by atoms with Gasteiger partial charge in [0, 0.05) is 29.3 Å². The predicted octanol–water partition coefficient (Wildman–Crippen LogP) is 0.442. The molecule has 0 unspecified atom stereocenters. The van der Waals surface area contributed by atoms with Gasteiger partial charge in [0.1, 0.15) is 59.6 Å². The summed E-state index contributed by atoms with van der Waals surface area (Å²) >= 11 is 0. The van der Waals surface area contributed by atoms with E-state index in [-0.39, 0.29) is 60.0 Å². The van der Waals surface area contributed by atoms with E-state index >= 15 is 0 Å². The zero-order chi connectivity index (χ0) is 47.8. The number of sulfone groups is 1. The minimum atomic E-state index is -3.68. The fraction of sp³-hybridized carbons (Fsp3) is 0.442. The summed E-state index contributed by atoms with van der Waals surface area (Å²) in [6.45, 7) is 1.56. The van der Waals surface area contributed by atoms with Crippen LogP contribution in [0.25, 0.3) is 22.3 Å². The van der Waals surface area contributed by atoms with Gasteiger partial charge in [-0.3, -0.25) is 14.5 Å². The SMILES string of the molecule is CCc1c2c(nc3ccc(O)cc13)-c1cc3c(c(=O)n1C2)COC(=O)[C@@]3(CC)OCN(CCS(C)(=O)=O)C(=O)OCc1ccc(O[C@@H]2O[C@H](C(=O)O)[C@@H](O)[C@H](O)[C@H]2O)c(NC(=O)CNC)c1. The van der Waals surface area contributed by atoms with Crippen LogP contribution in [0.2, 0.25) is 0 Å². The zero-order valence-corrected chi connectivity index (χ0v) is 37.0. The first-order valence-electron chi connectivity index (χ1n) is 20.8. The molecule has 1 fully saturated rings. The molecule has 66 heavy (non-hydrogen) atoms. The number of phenols is 1. The number of aliphatic hydroxyl groups is 3. The molecular weight excluding hydrogens is 891 g/mol. The second kappa shape index (κ2) is 18.9. The highest BCUT2D eigenvalue weighted by Gasteiger charge is 2.50. The molecular formula is C43H49N5O17S. The number of rotatable bonds is 16. The van der Waals surface area contributed by atoms with E-state index in [4.69, 9.17) is 28.7 Å². The third kappa shape index (κ3) is 9.27. The van der Waals surface area contributed by atoms with Crippen LogP contribution in [0.3, 0.4) is 0 Å². The van der Waals surface area contributed by atoms with Crippen LogP contribution in [0.15, 0.2) is 47.3 Å². The fourth-order valence-corrected chi connectivity index (χ4v) is 8.74. The molecule has 2 amide bonds. The van der Waals surface area contributed by atoms with Crippen LogP contribution in [0.1, 0.15) is 48.1 Å². The molecule has 0 spiro atoms. The topological polar surface area (TPSA) is 312 Å². The van der Waals surface area contributed by atoms with Crippen LogP contribution in [0.4, 0.5) is 10.5 Å². The summed E-state index contributed by atoms with van der Waals surface area (Å²) in [7, 11) is -2.17. The number of anilines is 1. The second-order valence-corrected chi connectivity index (χ2v) is 18.3. The van der Waals surface area contributed by atoms with Gasteiger partial charge >= 0.3 is 18.0 Å². The van der Waals surface area contributed by atoms with Gasteiger partial charge in [-0.05, 0) is 67.4 Å². The number of carbonyl (C=O) groups is 4. The summed E-state index contributed by atoms with van der Waals surface area (Å²) < 4.78 is 54.5. The molecule has 7 rings (SSSR count). The monoisotopic (exact) mass is 939 g/mol. The molecule has 23 heteroatoms. The van der Waals surface area contributed by atoms with Crippen LogP contribution in [-0.2, 0) is 74.9 Å². The highest BCUT2D eigenvalue weighted by atomic mass is 32.2. The molecule has 22 nitrogen and oxygen atoms in total. The number of aromatic nitrogens is 2. The van der Waals surface area contributed by atoms with Crippen LogP contribution in [0, 0.1) is 0 Å². The Morgan fingerprint density at radius 3 is 2.47 bits per heavy atom. The normalized spacial score (nSPS) is 22.2. The van der Waals surface area contributed by atoms with Crippen molar-refractivity contribution in [2.24, 2.45) is 0 Å². The molecule has 7 N–H and O–H groups in total. The van der Waals surface area contributed by atoms with Gasteiger partial charge < -0.3 is 64.4 Å². The highest BCUT2D eigenvalue weighted by Crippen LogP contribution is 2.42. The first kappa shape index (κ1) is 47.7. The molecule has 0 aliphatic carbocycles. The number of esters is 1. The van der Waals surface area contributed by atoms with E-state index in [1.807, 2.05) is 6.92 Å². The number of nitrogens with one attached hydrogen (secondary N) is 2. The first-order valence-corrected chi connectivity index (χ1v) is 22.9. The number of likely N-dealkylation sites (N-methyl/N-ethyl adjacent to an activating group) is 1. The summed E-state index contributed by atoms with van der Waals surface area (Å²) in [5.41, 5.74) is 1.30. The zero-order valence-electron chi connectivity index (χ0n) is 36.2. The Balaban J connectivity index is 1.15. The number of aliphatic hydroxyl groups excluding tert-OH is 3. The maximum Gasteiger partial charge on any atom is 0.411 e. The van der Waals surface area contributed by atoms with E-state index in [9.17, 15) is 57.9 Å². The van der Waals surface area contributed by atoms with Gasteiger partial charge in [0.2, 0.25) is 12.2 Å². The quantitative estimate of drug-likeness (QED) is 0.0521. The number of phenolic OH excluding ortho intramolecular Hbond substituents is 1. The van der Waals surface area contributed by atoms with Crippen molar-refractivity contribution >= 4 is 50.4 Å². The molecule has 6 atom stereocenters. The predicted molar refractivity (Wildman–Crippen MR) is 230 cm³/mol. The molecule has 5 heterocycles. The third-order valence-electron chi connectivity index (χ3n) is 11.6.